The van der Waals surface area contributed by atoms with Crippen LogP contribution in [0.3, 0.4) is 0 Å². The van der Waals surface area contributed by atoms with E-state index in [9.17, 15) is 9.59 Å². The molecule has 3 aliphatic rings. The SMILES string of the molecule is O=C1CN(C(=O)[C@@H]2CCCO[C@H]2c2ccn[nH]2)CN1CC1CC1. The molecule has 124 valence electrons. The number of hydrogen-bond donors (Lipinski definition) is 1. The Bertz CT molecular complexity index is 584. The molecule has 0 aromatic carbocycles. The Hall–Kier alpha value is -1.89. The molecule has 1 saturated carbocycles. The molecule has 4 rings (SSSR count). The van der Waals surface area contributed by atoms with Crippen molar-refractivity contribution in [1.29, 1.82) is 0 Å². The molecular formula is C16H22N4O3. The van der Waals surface area contributed by atoms with Gasteiger partial charge in [0.15, 0.2) is 0 Å². The third kappa shape index (κ3) is 2.97. The van der Waals surface area contributed by atoms with E-state index in [-0.39, 0.29) is 30.4 Å². The molecule has 3 fully saturated rings. The van der Waals surface area contributed by atoms with Crippen LogP contribution in [0.15, 0.2) is 12.3 Å². The van der Waals surface area contributed by atoms with Gasteiger partial charge in [0.1, 0.15) is 12.6 Å². The van der Waals surface area contributed by atoms with Crippen LogP contribution in [0.4, 0.5) is 0 Å². The average Bonchev–Trinajstić information content (AvgIpc) is 3.08. The Morgan fingerprint density at radius 3 is 3.00 bits per heavy atom. The molecule has 2 amide bonds. The number of aromatic nitrogens is 2. The second-order valence-electron chi connectivity index (χ2n) is 6.79. The predicted molar refractivity (Wildman–Crippen MR) is 81.0 cm³/mol. The number of amides is 2. The number of nitrogens with one attached hydrogen (secondary N) is 1. The van der Waals surface area contributed by atoms with E-state index in [0.29, 0.717) is 19.2 Å². The fourth-order valence-electron chi connectivity index (χ4n) is 3.52. The molecule has 3 heterocycles. The van der Waals surface area contributed by atoms with Crippen LogP contribution >= 0.6 is 0 Å². The van der Waals surface area contributed by atoms with Gasteiger partial charge in [0.05, 0.1) is 18.3 Å². The van der Waals surface area contributed by atoms with Crippen LogP contribution in [0.5, 0.6) is 0 Å². The molecule has 0 unspecified atom stereocenters. The van der Waals surface area contributed by atoms with Gasteiger partial charge in [0, 0.05) is 19.3 Å². The number of rotatable bonds is 4. The molecular weight excluding hydrogens is 296 g/mol. The fourth-order valence-corrected chi connectivity index (χ4v) is 3.52. The molecule has 1 aliphatic carbocycles. The van der Waals surface area contributed by atoms with Gasteiger partial charge in [-0.3, -0.25) is 14.7 Å². The van der Waals surface area contributed by atoms with Crippen molar-refractivity contribution in [2.24, 2.45) is 11.8 Å². The summed E-state index contributed by atoms with van der Waals surface area (Å²) in [5.41, 5.74) is 0.836. The summed E-state index contributed by atoms with van der Waals surface area (Å²) in [6.45, 7) is 2.09. The standard InChI is InChI=1S/C16H22N4O3/c21-14-9-20(10-19(14)8-11-3-4-11)16(22)12-2-1-7-23-15(12)13-5-6-17-18-13/h5-6,11-12,15H,1-4,7-10H2,(H,17,18)/t12-,15-/m1/s1. The third-order valence-corrected chi connectivity index (χ3v) is 4.98. The number of aromatic amines is 1. The van der Waals surface area contributed by atoms with E-state index in [1.165, 1.54) is 12.8 Å². The van der Waals surface area contributed by atoms with Gasteiger partial charge in [-0.15, -0.1) is 0 Å². The summed E-state index contributed by atoms with van der Waals surface area (Å²) < 4.78 is 5.83. The quantitative estimate of drug-likeness (QED) is 0.895. The van der Waals surface area contributed by atoms with Crippen molar-refractivity contribution in [2.75, 3.05) is 26.4 Å². The Morgan fingerprint density at radius 2 is 2.26 bits per heavy atom. The molecule has 1 aromatic rings. The van der Waals surface area contributed by atoms with E-state index in [4.69, 9.17) is 4.74 Å². The zero-order valence-corrected chi connectivity index (χ0v) is 13.1. The van der Waals surface area contributed by atoms with E-state index >= 15 is 0 Å². The Morgan fingerprint density at radius 1 is 1.39 bits per heavy atom. The first kappa shape index (κ1) is 14.7. The van der Waals surface area contributed by atoms with Crippen molar-refractivity contribution in [3.05, 3.63) is 18.0 Å². The summed E-state index contributed by atoms with van der Waals surface area (Å²) in [6, 6.07) is 1.85. The van der Waals surface area contributed by atoms with Gasteiger partial charge in [-0.25, -0.2) is 0 Å². The van der Waals surface area contributed by atoms with Gasteiger partial charge in [0.2, 0.25) is 11.8 Å². The maximum Gasteiger partial charge on any atom is 0.243 e. The van der Waals surface area contributed by atoms with Gasteiger partial charge >= 0.3 is 0 Å². The van der Waals surface area contributed by atoms with Crippen molar-refractivity contribution in [1.82, 2.24) is 20.0 Å². The van der Waals surface area contributed by atoms with Crippen LogP contribution in [0, 0.1) is 11.8 Å². The van der Waals surface area contributed by atoms with Gasteiger partial charge in [-0.1, -0.05) is 0 Å². The minimum Gasteiger partial charge on any atom is -0.371 e. The van der Waals surface area contributed by atoms with Crippen LogP contribution in [-0.4, -0.2) is 58.2 Å². The monoisotopic (exact) mass is 318 g/mol. The minimum atomic E-state index is -0.286. The van der Waals surface area contributed by atoms with Crippen molar-refractivity contribution in [2.45, 2.75) is 31.8 Å². The van der Waals surface area contributed by atoms with E-state index in [2.05, 4.69) is 10.2 Å². The zero-order valence-electron chi connectivity index (χ0n) is 13.1. The highest BCUT2D eigenvalue weighted by Gasteiger charge is 2.41. The molecule has 23 heavy (non-hydrogen) atoms. The van der Waals surface area contributed by atoms with E-state index in [0.717, 1.165) is 25.1 Å². The van der Waals surface area contributed by atoms with Crippen LogP contribution in [-0.2, 0) is 14.3 Å². The van der Waals surface area contributed by atoms with Crippen molar-refractivity contribution >= 4 is 11.8 Å². The van der Waals surface area contributed by atoms with Crippen LogP contribution in [0.25, 0.3) is 0 Å². The highest BCUT2D eigenvalue weighted by Crippen LogP contribution is 2.35. The number of nitrogens with zero attached hydrogens (tertiary/aromatic N) is 3. The van der Waals surface area contributed by atoms with Crippen molar-refractivity contribution in [3.63, 3.8) is 0 Å². The van der Waals surface area contributed by atoms with Gasteiger partial charge in [0.25, 0.3) is 0 Å². The molecule has 0 spiro atoms. The number of H-pyrrole nitrogens is 1. The van der Waals surface area contributed by atoms with Crippen LogP contribution in [0.1, 0.15) is 37.5 Å². The van der Waals surface area contributed by atoms with E-state index in [1.54, 1.807) is 11.1 Å². The Balaban J connectivity index is 1.45. The maximum atomic E-state index is 12.9. The first-order valence-corrected chi connectivity index (χ1v) is 8.40. The lowest BCUT2D eigenvalue weighted by Gasteiger charge is -2.32. The smallest absolute Gasteiger partial charge is 0.243 e. The number of carbonyl (C=O) groups excluding carboxylic acids is 2. The highest BCUT2D eigenvalue weighted by atomic mass is 16.5. The predicted octanol–water partition coefficient (Wildman–Crippen LogP) is 0.916. The topological polar surface area (TPSA) is 78.5 Å². The second kappa shape index (κ2) is 5.96. The lowest BCUT2D eigenvalue weighted by molar-refractivity contribution is -0.145. The molecule has 1 aromatic heterocycles. The summed E-state index contributed by atoms with van der Waals surface area (Å²) in [4.78, 5) is 28.6. The fraction of sp³-hybridized carbons (Fsp3) is 0.688. The molecule has 2 atom stereocenters. The molecule has 2 saturated heterocycles. The third-order valence-electron chi connectivity index (χ3n) is 4.98. The van der Waals surface area contributed by atoms with Crippen molar-refractivity contribution < 1.29 is 14.3 Å². The summed E-state index contributed by atoms with van der Waals surface area (Å²) in [6.07, 6.45) is 5.45. The Kier molecular flexibility index (Phi) is 3.80. The zero-order chi connectivity index (χ0) is 15.8. The molecule has 0 bridgehead atoms. The Labute approximate surface area is 135 Å². The molecule has 2 aliphatic heterocycles. The van der Waals surface area contributed by atoms with Gasteiger partial charge in [-0.2, -0.15) is 5.10 Å². The largest absolute Gasteiger partial charge is 0.371 e. The summed E-state index contributed by atoms with van der Waals surface area (Å²) in [7, 11) is 0. The minimum absolute atomic E-state index is 0.0240. The molecule has 7 heteroatoms. The first-order valence-electron chi connectivity index (χ1n) is 8.40. The lowest BCUT2D eigenvalue weighted by atomic mass is 9.91. The summed E-state index contributed by atoms with van der Waals surface area (Å²) >= 11 is 0. The normalized spacial score (nSPS) is 28.4. The lowest BCUT2D eigenvalue weighted by Crippen LogP contribution is -2.40. The average molecular weight is 318 g/mol. The van der Waals surface area contributed by atoms with Gasteiger partial charge in [-0.05, 0) is 37.7 Å². The first-order chi connectivity index (χ1) is 11.2. The molecule has 1 N–H and O–H groups in total. The van der Waals surface area contributed by atoms with Crippen LogP contribution in [0.2, 0.25) is 0 Å². The second-order valence-corrected chi connectivity index (χ2v) is 6.79. The van der Waals surface area contributed by atoms with E-state index in [1.807, 2.05) is 11.0 Å². The van der Waals surface area contributed by atoms with Crippen molar-refractivity contribution in [3.8, 4) is 0 Å². The number of ether oxygens (including phenoxy) is 1. The van der Waals surface area contributed by atoms with Crippen LogP contribution < -0.4 is 0 Å². The maximum absolute atomic E-state index is 12.9. The highest BCUT2D eigenvalue weighted by molar-refractivity contribution is 5.89. The summed E-state index contributed by atoms with van der Waals surface area (Å²) in [5, 5.41) is 6.87. The molecule has 0 radical (unpaired) electrons. The number of carbonyl (C=O) groups is 2. The van der Waals surface area contributed by atoms with E-state index < -0.39 is 0 Å². The summed E-state index contributed by atoms with van der Waals surface area (Å²) in [5.74, 6) is 0.499. The van der Waals surface area contributed by atoms with Gasteiger partial charge < -0.3 is 14.5 Å². The molecule has 7 nitrogen and oxygen atoms in total. The number of hydrogen-bond acceptors (Lipinski definition) is 4.